The van der Waals surface area contributed by atoms with Gasteiger partial charge in [0.25, 0.3) is 0 Å². The van der Waals surface area contributed by atoms with Crippen molar-refractivity contribution in [2.24, 2.45) is 0 Å². The van der Waals surface area contributed by atoms with Gasteiger partial charge in [0, 0.05) is 12.6 Å². The number of hydrogen-bond donors (Lipinski definition) is 1. The minimum atomic E-state index is 0.202. The zero-order valence-electron chi connectivity index (χ0n) is 11.3. The molecule has 0 amide bonds. The van der Waals surface area contributed by atoms with Gasteiger partial charge in [-0.1, -0.05) is 23.2 Å². The van der Waals surface area contributed by atoms with E-state index >= 15 is 0 Å². The second kappa shape index (κ2) is 5.92. The molecule has 110 valence electrons. The Morgan fingerprint density at radius 2 is 2.00 bits per heavy atom. The predicted octanol–water partition coefficient (Wildman–Crippen LogP) is 4.34. The molecule has 3 rings (SSSR count). The van der Waals surface area contributed by atoms with Gasteiger partial charge < -0.3 is 19.5 Å². The average molecular weight is 326 g/mol. The number of methoxy groups -OCH3 is 1. The van der Waals surface area contributed by atoms with Crippen molar-refractivity contribution < 1.29 is 14.2 Å². The lowest BCUT2D eigenvalue weighted by Crippen LogP contribution is -2.00. The third-order valence-corrected chi connectivity index (χ3v) is 3.75. The molecular formula is C15H13Cl2NO3. The normalized spacial score (nSPS) is 12.3. The molecule has 0 aromatic heterocycles. The number of benzene rings is 2. The van der Waals surface area contributed by atoms with Crippen LogP contribution >= 0.6 is 23.2 Å². The highest BCUT2D eigenvalue weighted by Crippen LogP contribution is 2.40. The van der Waals surface area contributed by atoms with E-state index in [9.17, 15) is 0 Å². The average Bonchev–Trinajstić information content (AvgIpc) is 2.95. The lowest BCUT2D eigenvalue weighted by molar-refractivity contribution is 0.174. The van der Waals surface area contributed by atoms with Gasteiger partial charge in [0.05, 0.1) is 22.8 Å². The summed E-state index contributed by atoms with van der Waals surface area (Å²) in [6, 6.07) is 9.18. The van der Waals surface area contributed by atoms with Crippen LogP contribution in [0.4, 0.5) is 5.69 Å². The molecule has 0 unspecified atom stereocenters. The summed E-state index contributed by atoms with van der Waals surface area (Å²) in [6.07, 6.45) is 0. The minimum absolute atomic E-state index is 0.202. The Morgan fingerprint density at radius 3 is 2.81 bits per heavy atom. The Balaban J connectivity index is 1.78. The van der Waals surface area contributed by atoms with Crippen LogP contribution in [0.25, 0.3) is 0 Å². The molecule has 0 fully saturated rings. The van der Waals surface area contributed by atoms with Gasteiger partial charge in [-0.15, -0.1) is 0 Å². The number of hydrogen-bond acceptors (Lipinski definition) is 4. The largest absolute Gasteiger partial charge is 0.497 e. The number of fused-ring (bicyclic) bond motifs is 1. The van der Waals surface area contributed by atoms with Crippen molar-refractivity contribution in [1.29, 1.82) is 0 Å². The summed E-state index contributed by atoms with van der Waals surface area (Å²) in [4.78, 5) is 0. The first-order valence-corrected chi connectivity index (χ1v) is 7.08. The number of rotatable bonds is 4. The van der Waals surface area contributed by atoms with Crippen LogP contribution in [-0.4, -0.2) is 13.9 Å². The van der Waals surface area contributed by atoms with Gasteiger partial charge in [0.2, 0.25) is 6.79 Å². The molecule has 0 radical (unpaired) electrons. The smallest absolute Gasteiger partial charge is 0.231 e. The number of halogens is 2. The fourth-order valence-corrected chi connectivity index (χ4v) is 2.56. The van der Waals surface area contributed by atoms with Crippen LogP contribution in [0.2, 0.25) is 10.0 Å². The maximum Gasteiger partial charge on any atom is 0.231 e. The molecular weight excluding hydrogens is 313 g/mol. The van der Waals surface area contributed by atoms with Crippen LogP contribution in [0, 0.1) is 0 Å². The van der Waals surface area contributed by atoms with Gasteiger partial charge in [0.1, 0.15) is 5.75 Å². The summed E-state index contributed by atoms with van der Waals surface area (Å²) < 4.78 is 15.8. The predicted molar refractivity (Wildman–Crippen MR) is 82.9 cm³/mol. The van der Waals surface area contributed by atoms with Crippen LogP contribution in [0.5, 0.6) is 17.2 Å². The number of nitrogens with one attached hydrogen (secondary N) is 1. The van der Waals surface area contributed by atoms with E-state index in [0.717, 1.165) is 17.0 Å². The molecule has 1 aliphatic rings. The van der Waals surface area contributed by atoms with E-state index in [2.05, 4.69) is 5.32 Å². The van der Waals surface area contributed by atoms with Crippen molar-refractivity contribution in [3.05, 3.63) is 45.9 Å². The van der Waals surface area contributed by atoms with E-state index in [-0.39, 0.29) is 6.79 Å². The highest BCUT2D eigenvalue weighted by Gasteiger charge is 2.18. The summed E-state index contributed by atoms with van der Waals surface area (Å²) in [5, 5.41) is 4.42. The van der Waals surface area contributed by atoms with E-state index in [1.54, 1.807) is 13.2 Å². The summed E-state index contributed by atoms with van der Waals surface area (Å²) in [5.74, 6) is 2.00. The van der Waals surface area contributed by atoms with E-state index in [1.165, 1.54) is 0 Å². The Hall–Kier alpha value is -1.78. The molecule has 0 bridgehead atoms. The van der Waals surface area contributed by atoms with Crippen LogP contribution in [0.1, 0.15) is 5.56 Å². The molecule has 6 heteroatoms. The standard InChI is InChI=1S/C15H13Cl2NO3/c1-19-10-2-3-11(16)13(6-10)18-7-9-4-12(17)15-14(5-9)20-8-21-15/h2-6,18H,7-8H2,1H3. The van der Waals surface area contributed by atoms with E-state index in [4.69, 9.17) is 37.4 Å². The highest BCUT2D eigenvalue weighted by atomic mass is 35.5. The molecule has 2 aromatic rings. The van der Waals surface area contributed by atoms with Gasteiger partial charge in [0.15, 0.2) is 11.5 Å². The fraction of sp³-hybridized carbons (Fsp3) is 0.200. The molecule has 0 aliphatic carbocycles. The molecule has 2 aromatic carbocycles. The third-order valence-electron chi connectivity index (χ3n) is 3.14. The Labute approximate surface area is 132 Å². The lowest BCUT2D eigenvalue weighted by Gasteiger charge is -2.11. The quantitative estimate of drug-likeness (QED) is 0.907. The molecule has 4 nitrogen and oxygen atoms in total. The van der Waals surface area contributed by atoms with Crippen molar-refractivity contribution >= 4 is 28.9 Å². The molecule has 0 spiro atoms. The first-order valence-electron chi connectivity index (χ1n) is 6.33. The second-order valence-corrected chi connectivity index (χ2v) is 5.33. The molecule has 0 saturated heterocycles. The lowest BCUT2D eigenvalue weighted by atomic mass is 10.2. The maximum absolute atomic E-state index is 6.16. The van der Waals surface area contributed by atoms with Gasteiger partial charge >= 0.3 is 0 Å². The number of anilines is 1. The molecule has 1 aliphatic heterocycles. The molecule has 21 heavy (non-hydrogen) atoms. The highest BCUT2D eigenvalue weighted by molar-refractivity contribution is 6.33. The minimum Gasteiger partial charge on any atom is -0.497 e. The number of ether oxygens (including phenoxy) is 3. The monoisotopic (exact) mass is 325 g/mol. The summed E-state index contributed by atoms with van der Waals surface area (Å²) >= 11 is 12.3. The van der Waals surface area contributed by atoms with Gasteiger partial charge in [-0.2, -0.15) is 0 Å². The summed E-state index contributed by atoms with van der Waals surface area (Å²) in [7, 11) is 1.62. The Morgan fingerprint density at radius 1 is 1.14 bits per heavy atom. The van der Waals surface area contributed by atoms with E-state index < -0.39 is 0 Å². The maximum atomic E-state index is 6.16. The Bertz CT molecular complexity index is 676. The van der Waals surface area contributed by atoms with Crippen molar-refractivity contribution in [1.82, 2.24) is 0 Å². The SMILES string of the molecule is COc1ccc(Cl)c(NCc2cc(Cl)c3c(c2)OCO3)c1. The van der Waals surface area contributed by atoms with Crippen molar-refractivity contribution in [2.45, 2.75) is 6.54 Å². The van der Waals surface area contributed by atoms with E-state index in [1.807, 2.05) is 24.3 Å². The summed E-state index contributed by atoms with van der Waals surface area (Å²) in [6.45, 7) is 0.761. The van der Waals surface area contributed by atoms with E-state index in [0.29, 0.717) is 28.1 Å². The van der Waals surface area contributed by atoms with Crippen LogP contribution in [-0.2, 0) is 6.54 Å². The first-order chi connectivity index (χ1) is 10.2. The van der Waals surface area contributed by atoms with Crippen LogP contribution < -0.4 is 19.5 Å². The van der Waals surface area contributed by atoms with Crippen molar-refractivity contribution in [3.8, 4) is 17.2 Å². The zero-order chi connectivity index (χ0) is 14.8. The molecule has 1 N–H and O–H groups in total. The van der Waals surface area contributed by atoms with Crippen LogP contribution in [0.3, 0.4) is 0 Å². The van der Waals surface area contributed by atoms with Crippen LogP contribution in [0.15, 0.2) is 30.3 Å². The summed E-state index contributed by atoms with van der Waals surface area (Å²) in [5.41, 5.74) is 1.77. The molecule has 1 heterocycles. The van der Waals surface area contributed by atoms with Gasteiger partial charge in [-0.05, 0) is 29.8 Å². The Kier molecular flexibility index (Phi) is 3.99. The zero-order valence-corrected chi connectivity index (χ0v) is 12.8. The molecule has 0 saturated carbocycles. The first kappa shape index (κ1) is 14.2. The fourth-order valence-electron chi connectivity index (χ4n) is 2.09. The van der Waals surface area contributed by atoms with Crippen molar-refractivity contribution in [2.75, 3.05) is 19.2 Å². The van der Waals surface area contributed by atoms with Gasteiger partial charge in [-0.25, -0.2) is 0 Å². The van der Waals surface area contributed by atoms with Gasteiger partial charge in [-0.3, -0.25) is 0 Å². The molecule has 0 atom stereocenters. The second-order valence-electron chi connectivity index (χ2n) is 4.51. The third kappa shape index (κ3) is 2.96. The van der Waals surface area contributed by atoms with Crippen molar-refractivity contribution in [3.63, 3.8) is 0 Å². The topological polar surface area (TPSA) is 39.7 Å².